The molecule has 1 aliphatic carbocycles. The Hall–Kier alpha value is -0.410. The Morgan fingerprint density at radius 3 is 2.93 bits per heavy atom. The molecule has 1 atom stereocenters. The minimum Gasteiger partial charge on any atom is -0.394 e. The van der Waals surface area contributed by atoms with Crippen LogP contribution in [0.3, 0.4) is 0 Å². The highest BCUT2D eigenvalue weighted by Gasteiger charge is 2.19. The zero-order chi connectivity index (χ0) is 10.2. The molecule has 0 radical (unpaired) electrons. The van der Waals surface area contributed by atoms with Crippen LogP contribution in [0.1, 0.15) is 38.5 Å². The average molecular weight is 200 g/mol. The molecule has 0 aromatic heterocycles. The fourth-order valence-electron chi connectivity index (χ4n) is 1.93. The standard InChI is InChI=1S/C11H20O3/c12-7-9-14-8-6-10-4-2-1-3-5-11(10)13/h10,12H,1-9H2. The maximum Gasteiger partial charge on any atom is 0.136 e. The van der Waals surface area contributed by atoms with Crippen molar-refractivity contribution in [3.8, 4) is 0 Å². The van der Waals surface area contributed by atoms with Crippen molar-refractivity contribution >= 4 is 5.78 Å². The highest BCUT2D eigenvalue weighted by Crippen LogP contribution is 2.22. The Bertz CT molecular complexity index is 168. The summed E-state index contributed by atoms with van der Waals surface area (Å²) in [5, 5.41) is 8.51. The van der Waals surface area contributed by atoms with E-state index in [1.165, 1.54) is 12.8 Å². The monoisotopic (exact) mass is 200 g/mol. The zero-order valence-electron chi connectivity index (χ0n) is 8.71. The maximum atomic E-state index is 11.6. The Morgan fingerprint density at radius 2 is 2.14 bits per heavy atom. The normalized spacial score (nSPS) is 23.5. The first-order chi connectivity index (χ1) is 6.84. The van der Waals surface area contributed by atoms with Crippen LogP contribution in [0.15, 0.2) is 0 Å². The summed E-state index contributed by atoms with van der Waals surface area (Å²) in [4.78, 5) is 11.6. The lowest BCUT2D eigenvalue weighted by molar-refractivity contribution is -0.123. The van der Waals surface area contributed by atoms with Gasteiger partial charge in [0, 0.05) is 18.9 Å². The molecule has 3 heteroatoms. The average Bonchev–Trinajstić information content (AvgIpc) is 2.39. The third-order valence-electron chi connectivity index (χ3n) is 2.78. The second-order valence-electron chi connectivity index (χ2n) is 3.89. The summed E-state index contributed by atoms with van der Waals surface area (Å²) in [6, 6.07) is 0. The van der Waals surface area contributed by atoms with E-state index < -0.39 is 0 Å². The number of hydrogen-bond donors (Lipinski definition) is 1. The predicted molar refractivity (Wildman–Crippen MR) is 54.1 cm³/mol. The molecule has 0 amide bonds. The van der Waals surface area contributed by atoms with E-state index >= 15 is 0 Å². The van der Waals surface area contributed by atoms with Crippen molar-refractivity contribution in [3.63, 3.8) is 0 Å². The molecule has 14 heavy (non-hydrogen) atoms. The molecule has 1 N–H and O–H groups in total. The number of carbonyl (C=O) groups is 1. The molecule has 82 valence electrons. The Kier molecular flexibility index (Phi) is 5.80. The van der Waals surface area contributed by atoms with Crippen LogP contribution in [0.25, 0.3) is 0 Å². The van der Waals surface area contributed by atoms with Gasteiger partial charge in [-0.3, -0.25) is 4.79 Å². The number of Topliss-reactive ketones (excluding diaryl/α,β-unsaturated/α-hetero) is 1. The molecule has 0 aliphatic heterocycles. The molecular formula is C11H20O3. The molecule has 0 spiro atoms. The molecule has 3 nitrogen and oxygen atoms in total. The predicted octanol–water partition coefficient (Wildman–Crippen LogP) is 1.53. The second-order valence-corrected chi connectivity index (χ2v) is 3.89. The number of hydrogen-bond acceptors (Lipinski definition) is 3. The van der Waals surface area contributed by atoms with Crippen molar-refractivity contribution in [1.82, 2.24) is 0 Å². The van der Waals surface area contributed by atoms with Crippen LogP contribution in [-0.2, 0) is 9.53 Å². The molecule has 0 aromatic carbocycles. The zero-order valence-corrected chi connectivity index (χ0v) is 8.71. The van der Waals surface area contributed by atoms with E-state index in [-0.39, 0.29) is 12.5 Å². The Morgan fingerprint density at radius 1 is 1.29 bits per heavy atom. The van der Waals surface area contributed by atoms with Gasteiger partial charge in [0.05, 0.1) is 13.2 Å². The fourth-order valence-corrected chi connectivity index (χ4v) is 1.93. The summed E-state index contributed by atoms with van der Waals surface area (Å²) in [6.45, 7) is 1.07. The molecule has 1 saturated carbocycles. The van der Waals surface area contributed by atoms with Gasteiger partial charge in [0.15, 0.2) is 0 Å². The lowest BCUT2D eigenvalue weighted by atomic mass is 9.96. The maximum absolute atomic E-state index is 11.6. The molecular weight excluding hydrogens is 180 g/mol. The summed E-state index contributed by atoms with van der Waals surface area (Å²) < 4.78 is 5.17. The van der Waals surface area contributed by atoms with E-state index in [1.807, 2.05) is 0 Å². The van der Waals surface area contributed by atoms with Gasteiger partial charge in [0.25, 0.3) is 0 Å². The van der Waals surface area contributed by atoms with E-state index in [0.717, 1.165) is 25.7 Å². The van der Waals surface area contributed by atoms with Crippen LogP contribution in [0, 0.1) is 5.92 Å². The molecule has 1 unspecified atom stereocenters. The van der Waals surface area contributed by atoms with Gasteiger partial charge in [-0.05, 0) is 19.3 Å². The van der Waals surface area contributed by atoms with Crippen molar-refractivity contribution in [1.29, 1.82) is 0 Å². The number of aliphatic hydroxyl groups is 1. The van der Waals surface area contributed by atoms with Gasteiger partial charge >= 0.3 is 0 Å². The van der Waals surface area contributed by atoms with E-state index in [4.69, 9.17) is 9.84 Å². The number of aliphatic hydroxyl groups excluding tert-OH is 1. The SMILES string of the molecule is O=C1CCCCCC1CCOCCO. The van der Waals surface area contributed by atoms with Crippen molar-refractivity contribution in [3.05, 3.63) is 0 Å². The number of rotatable bonds is 5. The first-order valence-electron chi connectivity index (χ1n) is 5.56. The molecule has 0 heterocycles. The summed E-state index contributed by atoms with van der Waals surface area (Å²) in [6.07, 6.45) is 6.05. The summed E-state index contributed by atoms with van der Waals surface area (Å²) in [7, 11) is 0. The van der Waals surface area contributed by atoms with Gasteiger partial charge in [-0.15, -0.1) is 0 Å². The third-order valence-corrected chi connectivity index (χ3v) is 2.78. The van der Waals surface area contributed by atoms with Crippen molar-refractivity contribution in [2.75, 3.05) is 19.8 Å². The van der Waals surface area contributed by atoms with Crippen LogP contribution >= 0.6 is 0 Å². The van der Waals surface area contributed by atoms with Crippen LogP contribution in [0.2, 0.25) is 0 Å². The van der Waals surface area contributed by atoms with Crippen LogP contribution in [-0.4, -0.2) is 30.7 Å². The number of ether oxygens (including phenoxy) is 1. The summed E-state index contributed by atoms with van der Waals surface area (Å²) in [5.74, 6) is 0.631. The minimum absolute atomic E-state index is 0.0681. The quantitative estimate of drug-likeness (QED) is 0.541. The Labute approximate surface area is 85.5 Å². The molecule has 0 saturated heterocycles. The van der Waals surface area contributed by atoms with Crippen molar-refractivity contribution < 1.29 is 14.6 Å². The van der Waals surface area contributed by atoms with Gasteiger partial charge in [-0.25, -0.2) is 0 Å². The van der Waals surface area contributed by atoms with Gasteiger partial charge in [0.2, 0.25) is 0 Å². The van der Waals surface area contributed by atoms with Gasteiger partial charge in [-0.1, -0.05) is 12.8 Å². The summed E-state index contributed by atoms with van der Waals surface area (Å²) in [5.41, 5.74) is 0. The van der Waals surface area contributed by atoms with Gasteiger partial charge in [0.1, 0.15) is 5.78 Å². The van der Waals surface area contributed by atoms with Gasteiger partial charge < -0.3 is 9.84 Å². The highest BCUT2D eigenvalue weighted by molar-refractivity contribution is 5.81. The van der Waals surface area contributed by atoms with Gasteiger partial charge in [-0.2, -0.15) is 0 Å². The molecule has 1 fully saturated rings. The first kappa shape index (κ1) is 11.7. The molecule has 1 aliphatic rings. The lowest BCUT2D eigenvalue weighted by Crippen LogP contribution is -2.15. The fraction of sp³-hybridized carbons (Fsp3) is 0.909. The van der Waals surface area contributed by atoms with E-state index in [0.29, 0.717) is 19.0 Å². The number of ketones is 1. The molecule has 0 bridgehead atoms. The van der Waals surface area contributed by atoms with Crippen LogP contribution in [0.5, 0.6) is 0 Å². The first-order valence-corrected chi connectivity index (χ1v) is 5.56. The van der Waals surface area contributed by atoms with E-state index in [1.54, 1.807) is 0 Å². The van der Waals surface area contributed by atoms with E-state index in [9.17, 15) is 4.79 Å². The van der Waals surface area contributed by atoms with E-state index in [2.05, 4.69) is 0 Å². The van der Waals surface area contributed by atoms with Crippen molar-refractivity contribution in [2.24, 2.45) is 5.92 Å². The lowest BCUT2D eigenvalue weighted by Gasteiger charge is -2.12. The smallest absolute Gasteiger partial charge is 0.136 e. The summed E-state index contributed by atoms with van der Waals surface area (Å²) >= 11 is 0. The minimum atomic E-state index is 0.0681. The van der Waals surface area contributed by atoms with Crippen LogP contribution in [0.4, 0.5) is 0 Å². The molecule has 1 rings (SSSR count). The van der Waals surface area contributed by atoms with Crippen LogP contribution < -0.4 is 0 Å². The highest BCUT2D eigenvalue weighted by atomic mass is 16.5. The third kappa shape index (κ3) is 4.20. The second kappa shape index (κ2) is 6.96. The molecule has 0 aromatic rings. The largest absolute Gasteiger partial charge is 0.394 e. The van der Waals surface area contributed by atoms with Crippen molar-refractivity contribution in [2.45, 2.75) is 38.5 Å². The topological polar surface area (TPSA) is 46.5 Å². The number of carbonyl (C=O) groups excluding carboxylic acids is 1. The Balaban J connectivity index is 2.16.